The summed E-state index contributed by atoms with van der Waals surface area (Å²) in [6, 6.07) is -0.729. The van der Waals surface area contributed by atoms with Crippen LogP contribution in [-0.4, -0.2) is 46.9 Å². The van der Waals surface area contributed by atoms with Gasteiger partial charge < -0.3 is 20.3 Å². The number of hydrogen-bond acceptors (Lipinski definition) is 5. The molecule has 6 nitrogen and oxygen atoms in total. The third kappa shape index (κ3) is 48.8. The van der Waals surface area contributed by atoms with Crippen LogP contribution < -0.4 is 5.32 Å². The summed E-state index contributed by atoms with van der Waals surface area (Å²) in [7, 11) is 0. The number of esters is 1. The number of carbonyl (C=O) groups excluding carboxylic acids is 2. The van der Waals surface area contributed by atoms with Crippen molar-refractivity contribution in [1.29, 1.82) is 0 Å². The maximum absolute atomic E-state index is 13.2. The van der Waals surface area contributed by atoms with E-state index in [2.05, 4.69) is 129 Å². The molecule has 0 aromatic heterocycles. The quantitative estimate of drug-likeness (QED) is 0.0244. The van der Waals surface area contributed by atoms with E-state index in [0.717, 1.165) is 109 Å². The van der Waals surface area contributed by atoms with Crippen LogP contribution in [0.25, 0.3) is 0 Å². The summed E-state index contributed by atoms with van der Waals surface area (Å²) < 4.78 is 5.92. The number of aliphatic hydroxyl groups excluding tert-OH is 2. The van der Waals surface area contributed by atoms with Crippen LogP contribution in [0.15, 0.2) is 109 Å². The maximum Gasteiger partial charge on any atom is 0.306 e. The number of ether oxygens (including phenoxy) is 1. The molecule has 0 saturated heterocycles. The molecule has 3 atom stereocenters. The van der Waals surface area contributed by atoms with Gasteiger partial charge in [0, 0.05) is 6.42 Å². The highest BCUT2D eigenvalue weighted by Gasteiger charge is 2.24. The van der Waals surface area contributed by atoms with Gasteiger partial charge in [-0.05, 0) is 96.3 Å². The van der Waals surface area contributed by atoms with Crippen LogP contribution in [0.3, 0.4) is 0 Å². The van der Waals surface area contributed by atoms with Crippen molar-refractivity contribution in [2.75, 3.05) is 6.61 Å². The van der Waals surface area contributed by atoms with E-state index in [1.54, 1.807) is 0 Å². The average molecular weight is 930 g/mol. The van der Waals surface area contributed by atoms with Crippen molar-refractivity contribution < 1.29 is 24.5 Å². The lowest BCUT2D eigenvalue weighted by Crippen LogP contribution is -2.46. The van der Waals surface area contributed by atoms with Crippen molar-refractivity contribution in [3.8, 4) is 0 Å². The molecule has 382 valence electrons. The Morgan fingerprint density at radius 3 is 1.39 bits per heavy atom. The minimum absolute atomic E-state index is 0.0317. The van der Waals surface area contributed by atoms with Crippen LogP contribution in [-0.2, 0) is 14.3 Å². The largest absolute Gasteiger partial charge is 0.462 e. The average Bonchev–Trinajstić information content (AvgIpc) is 3.32. The second kappa shape index (κ2) is 53.5. The molecule has 0 spiro atoms. The highest BCUT2D eigenvalue weighted by molar-refractivity contribution is 5.77. The molecular formula is C61H103NO5. The zero-order chi connectivity index (χ0) is 48.8. The molecular weight excluding hydrogens is 827 g/mol. The maximum atomic E-state index is 13.2. The molecule has 0 aliphatic heterocycles. The number of hydrogen-bond donors (Lipinski definition) is 3. The molecule has 0 heterocycles. The SMILES string of the molecule is CC/C=C\C/C=C\C/C=C\C/C=C\C/C=C\CCCCCC(=O)OC(CCCCC/C=C/C=C/C=C/C=C/CCCCC)CC(=O)NC(CO)C(O)CCCCCCCCCCCCCCC. The summed E-state index contributed by atoms with van der Waals surface area (Å²) in [5.41, 5.74) is 0. The van der Waals surface area contributed by atoms with Crippen molar-refractivity contribution in [3.63, 3.8) is 0 Å². The molecule has 0 bridgehead atoms. The molecule has 0 rings (SSSR count). The van der Waals surface area contributed by atoms with Gasteiger partial charge in [0.2, 0.25) is 5.91 Å². The highest BCUT2D eigenvalue weighted by Crippen LogP contribution is 2.17. The molecule has 0 saturated carbocycles. The first-order chi connectivity index (χ1) is 33.0. The van der Waals surface area contributed by atoms with E-state index in [0.29, 0.717) is 19.3 Å². The number of rotatable bonds is 48. The van der Waals surface area contributed by atoms with E-state index in [4.69, 9.17) is 4.74 Å². The van der Waals surface area contributed by atoms with Crippen molar-refractivity contribution in [1.82, 2.24) is 5.32 Å². The lowest BCUT2D eigenvalue weighted by molar-refractivity contribution is -0.151. The van der Waals surface area contributed by atoms with Gasteiger partial charge >= 0.3 is 5.97 Å². The van der Waals surface area contributed by atoms with E-state index in [9.17, 15) is 19.8 Å². The fourth-order valence-corrected chi connectivity index (χ4v) is 7.76. The Labute approximate surface area is 413 Å². The predicted molar refractivity (Wildman–Crippen MR) is 291 cm³/mol. The number of aliphatic hydroxyl groups is 2. The lowest BCUT2D eigenvalue weighted by Gasteiger charge is -2.24. The molecule has 1 amide bonds. The van der Waals surface area contributed by atoms with E-state index >= 15 is 0 Å². The Morgan fingerprint density at radius 2 is 0.866 bits per heavy atom. The topological polar surface area (TPSA) is 95.9 Å². The zero-order valence-corrected chi connectivity index (χ0v) is 43.5. The Kier molecular flexibility index (Phi) is 50.7. The van der Waals surface area contributed by atoms with Crippen LogP contribution in [0.1, 0.15) is 239 Å². The van der Waals surface area contributed by atoms with Gasteiger partial charge in [-0.1, -0.05) is 239 Å². The molecule has 3 unspecified atom stereocenters. The zero-order valence-electron chi connectivity index (χ0n) is 43.5. The smallest absolute Gasteiger partial charge is 0.306 e. The minimum atomic E-state index is -0.812. The first-order valence-corrected chi connectivity index (χ1v) is 27.7. The Balaban J connectivity index is 4.74. The molecule has 0 fully saturated rings. The summed E-state index contributed by atoms with van der Waals surface area (Å²) in [4.78, 5) is 26.2. The first-order valence-electron chi connectivity index (χ1n) is 27.7. The van der Waals surface area contributed by atoms with Gasteiger partial charge in [0.25, 0.3) is 0 Å². The first kappa shape index (κ1) is 63.5. The summed E-state index contributed by atoms with van der Waals surface area (Å²) in [6.45, 7) is 6.31. The van der Waals surface area contributed by atoms with Gasteiger partial charge in [-0.2, -0.15) is 0 Å². The van der Waals surface area contributed by atoms with E-state index in [1.807, 2.05) is 6.08 Å². The van der Waals surface area contributed by atoms with E-state index < -0.39 is 18.2 Å². The van der Waals surface area contributed by atoms with Crippen LogP contribution >= 0.6 is 0 Å². The molecule has 6 heteroatoms. The molecule has 0 aromatic carbocycles. The number of allylic oxidation sites excluding steroid dienone is 18. The Morgan fingerprint density at radius 1 is 0.463 bits per heavy atom. The number of carbonyl (C=O) groups is 2. The van der Waals surface area contributed by atoms with Crippen molar-refractivity contribution >= 4 is 11.9 Å². The van der Waals surface area contributed by atoms with Crippen molar-refractivity contribution in [2.24, 2.45) is 0 Å². The summed E-state index contributed by atoms with van der Waals surface area (Å²) >= 11 is 0. The molecule has 0 aliphatic carbocycles. The van der Waals surface area contributed by atoms with E-state index in [1.165, 1.54) is 83.5 Å². The second-order valence-corrected chi connectivity index (χ2v) is 18.3. The molecule has 67 heavy (non-hydrogen) atoms. The highest BCUT2D eigenvalue weighted by atomic mass is 16.5. The standard InChI is InChI=1S/C61H103NO5/c1-4-7-10-13-16-19-22-25-27-29-30-31-33-36-39-42-45-48-51-54-61(66)67-57(52-49-46-43-40-37-35-32-28-26-23-20-17-14-11-8-5-2)55-60(65)62-58(56-63)59(64)53-50-47-44-41-38-34-24-21-18-15-12-9-6-3/h7,10,16-17,19-20,23,25-28,30-32,35-37,39,57-59,63-64H,4-6,8-9,11-15,18,21-22,24,29,33-34,38,40-56H2,1-3H3,(H,62,65)/b10-7-,19-16-,20-17+,26-23+,27-25-,31-30-,32-28+,37-35+,39-36-. The monoisotopic (exact) mass is 930 g/mol. The number of nitrogens with one attached hydrogen (secondary N) is 1. The molecule has 0 aliphatic rings. The molecule has 0 aromatic rings. The van der Waals surface area contributed by atoms with Gasteiger partial charge in [-0.15, -0.1) is 0 Å². The van der Waals surface area contributed by atoms with Crippen molar-refractivity contribution in [3.05, 3.63) is 109 Å². The fourth-order valence-electron chi connectivity index (χ4n) is 7.76. The number of amides is 1. The summed E-state index contributed by atoms with van der Waals surface area (Å²) in [6.07, 6.45) is 72.8. The van der Waals surface area contributed by atoms with Crippen LogP contribution in [0.5, 0.6) is 0 Å². The van der Waals surface area contributed by atoms with Crippen LogP contribution in [0, 0.1) is 0 Å². The normalized spacial score (nSPS) is 14.0. The van der Waals surface area contributed by atoms with Crippen molar-refractivity contribution in [2.45, 2.75) is 257 Å². The second-order valence-electron chi connectivity index (χ2n) is 18.3. The predicted octanol–water partition coefficient (Wildman–Crippen LogP) is 17.1. The molecule has 3 N–H and O–H groups in total. The summed E-state index contributed by atoms with van der Waals surface area (Å²) in [5, 5.41) is 23.8. The third-order valence-corrected chi connectivity index (χ3v) is 11.9. The van der Waals surface area contributed by atoms with Crippen LogP contribution in [0.4, 0.5) is 0 Å². The lowest BCUT2D eigenvalue weighted by atomic mass is 10.0. The Hall–Kier alpha value is -3.48. The Bertz CT molecular complexity index is 1370. The van der Waals surface area contributed by atoms with Gasteiger partial charge in [0.15, 0.2) is 0 Å². The van der Waals surface area contributed by atoms with E-state index in [-0.39, 0.29) is 24.9 Å². The van der Waals surface area contributed by atoms with Gasteiger partial charge in [0.05, 0.1) is 25.2 Å². The van der Waals surface area contributed by atoms with Gasteiger partial charge in [-0.3, -0.25) is 9.59 Å². The minimum Gasteiger partial charge on any atom is -0.462 e. The van der Waals surface area contributed by atoms with Crippen LogP contribution in [0.2, 0.25) is 0 Å². The number of unbranched alkanes of at least 4 members (excludes halogenated alkanes) is 21. The van der Waals surface area contributed by atoms with Gasteiger partial charge in [-0.25, -0.2) is 0 Å². The van der Waals surface area contributed by atoms with Gasteiger partial charge in [0.1, 0.15) is 6.10 Å². The third-order valence-electron chi connectivity index (χ3n) is 11.9. The molecule has 0 radical (unpaired) electrons. The fraction of sp³-hybridized carbons (Fsp3) is 0.672. The summed E-state index contributed by atoms with van der Waals surface area (Å²) in [5.74, 6) is -0.557.